The molecule has 0 saturated heterocycles. The number of hydrogen-bond acceptors (Lipinski definition) is 8. The molecule has 3 amide bonds. The van der Waals surface area contributed by atoms with E-state index in [4.69, 9.17) is 9.47 Å². The molecule has 3 unspecified atom stereocenters. The van der Waals surface area contributed by atoms with Gasteiger partial charge in [0.25, 0.3) is 0 Å². The number of nitriles is 1. The van der Waals surface area contributed by atoms with E-state index >= 15 is 0 Å². The van der Waals surface area contributed by atoms with E-state index in [0.29, 0.717) is 11.3 Å². The van der Waals surface area contributed by atoms with E-state index < -0.39 is 59.7 Å². The first kappa shape index (κ1) is 37.1. The number of ether oxygens (including phenoxy) is 2. The maximum absolute atomic E-state index is 14.3. The van der Waals surface area contributed by atoms with Gasteiger partial charge in [0.1, 0.15) is 35.9 Å². The number of aryl methyl sites for hydroxylation is 1. The number of amides is 3. The first-order valence-corrected chi connectivity index (χ1v) is 16.2. The van der Waals surface area contributed by atoms with Crippen molar-refractivity contribution in [3.63, 3.8) is 0 Å². The van der Waals surface area contributed by atoms with Crippen LogP contribution in [-0.4, -0.2) is 70.6 Å². The number of carbonyl (C=O) groups is 4. The molecule has 0 heterocycles. The van der Waals surface area contributed by atoms with Gasteiger partial charge in [-0.3, -0.25) is 9.59 Å². The minimum Gasteiger partial charge on any atom is -0.458 e. The number of carbonyl (C=O) groups excluding carboxylic acids is 4. The van der Waals surface area contributed by atoms with E-state index in [1.807, 2.05) is 55.6 Å². The Morgan fingerprint density at radius 3 is 2.11 bits per heavy atom. The van der Waals surface area contributed by atoms with Crippen molar-refractivity contribution >= 4 is 35.6 Å². The maximum atomic E-state index is 14.3. The molecule has 3 atom stereocenters. The van der Waals surface area contributed by atoms with Gasteiger partial charge < -0.3 is 25.0 Å². The van der Waals surface area contributed by atoms with E-state index in [9.17, 15) is 24.4 Å². The first-order valence-electron chi connectivity index (χ1n) is 14.8. The lowest BCUT2D eigenvalue weighted by molar-refractivity contribution is -0.159. The number of nitrogens with zero attached hydrogens (tertiary/aromatic N) is 2. The molecule has 0 aliphatic carbocycles. The van der Waals surface area contributed by atoms with Crippen LogP contribution in [-0.2, 0) is 30.3 Å². The Balaban J connectivity index is 2.57. The summed E-state index contributed by atoms with van der Waals surface area (Å²) >= 11 is 1.48. The molecule has 2 aromatic carbocycles. The lowest BCUT2D eigenvalue weighted by Crippen LogP contribution is -2.55. The van der Waals surface area contributed by atoms with E-state index in [1.165, 1.54) is 11.8 Å². The van der Waals surface area contributed by atoms with E-state index in [1.54, 1.807) is 59.7 Å². The molecule has 0 aliphatic heterocycles. The highest BCUT2D eigenvalue weighted by Gasteiger charge is 2.38. The number of alkyl carbamates (subject to hydrolysis) is 1. The van der Waals surface area contributed by atoms with Gasteiger partial charge in [-0.1, -0.05) is 60.2 Å². The average molecular weight is 639 g/mol. The van der Waals surface area contributed by atoms with Crippen LogP contribution >= 0.6 is 11.8 Å². The van der Waals surface area contributed by atoms with Crippen molar-refractivity contribution in [2.45, 2.75) is 90.6 Å². The normalized spacial score (nSPS) is 13.4. The van der Waals surface area contributed by atoms with Gasteiger partial charge in [-0.05, 0) is 78.0 Å². The van der Waals surface area contributed by atoms with Crippen molar-refractivity contribution in [3.8, 4) is 6.07 Å². The summed E-state index contributed by atoms with van der Waals surface area (Å²) in [6.45, 7) is 11.7. The summed E-state index contributed by atoms with van der Waals surface area (Å²) in [5.74, 6) is -1.41. The van der Waals surface area contributed by atoms with Crippen LogP contribution in [0.4, 0.5) is 4.79 Å². The predicted octanol–water partition coefficient (Wildman–Crippen LogP) is 5.10. The average Bonchev–Trinajstić information content (AvgIpc) is 2.93. The van der Waals surface area contributed by atoms with E-state index in [2.05, 4.69) is 10.6 Å². The summed E-state index contributed by atoms with van der Waals surface area (Å²) in [6, 6.07) is 14.8. The number of thioether (sulfide) groups is 1. The van der Waals surface area contributed by atoms with Gasteiger partial charge in [0.15, 0.2) is 0 Å². The Hall–Kier alpha value is -4.04. The summed E-state index contributed by atoms with van der Waals surface area (Å²) in [4.78, 5) is 55.7. The fourth-order valence-electron chi connectivity index (χ4n) is 4.50. The van der Waals surface area contributed by atoms with Gasteiger partial charge in [-0.25, -0.2) is 9.59 Å². The molecule has 2 rings (SSSR count). The quantitative estimate of drug-likeness (QED) is 0.228. The molecule has 0 aliphatic rings. The van der Waals surface area contributed by atoms with Crippen molar-refractivity contribution in [1.82, 2.24) is 15.5 Å². The maximum Gasteiger partial charge on any atom is 0.408 e. The molecule has 0 radical (unpaired) electrons. The van der Waals surface area contributed by atoms with E-state index in [-0.39, 0.29) is 12.8 Å². The van der Waals surface area contributed by atoms with Crippen molar-refractivity contribution in [2.75, 3.05) is 18.6 Å². The van der Waals surface area contributed by atoms with Crippen LogP contribution in [0.5, 0.6) is 0 Å². The number of nitrogens with one attached hydrogen (secondary N) is 2. The van der Waals surface area contributed by atoms with Gasteiger partial charge >= 0.3 is 12.1 Å². The zero-order valence-electron chi connectivity index (χ0n) is 27.5. The Kier molecular flexibility index (Phi) is 13.9. The van der Waals surface area contributed by atoms with Gasteiger partial charge in [0.2, 0.25) is 11.8 Å². The van der Waals surface area contributed by atoms with Crippen molar-refractivity contribution < 1.29 is 28.7 Å². The lowest BCUT2D eigenvalue weighted by atomic mass is 9.99. The molecular weight excluding hydrogens is 592 g/mol. The molecule has 2 aromatic rings. The third-order valence-electron chi connectivity index (χ3n) is 6.33. The number of benzene rings is 2. The van der Waals surface area contributed by atoms with Crippen LogP contribution in [0.25, 0.3) is 0 Å². The second-order valence-electron chi connectivity index (χ2n) is 12.7. The first-order chi connectivity index (χ1) is 21.0. The van der Waals surface area contributed by atoms with Gasteiger partial charge in [0, 0.05) is 6.42 Å². The fraction of sp³-hybridized carbons (Fsp3) is 0.500. The van der Waals surface area contributed by atoms with Crippen molar-refractivity contribution in [2.24, 2.45) is 0 Å². The van der Waals surface area contributed by atoms with Crippen LogP contribution in [0.15, 0.2) is 54.6 Å². The molecule has 0 fully saturated rings. The standard InChI is InChI=1S/C34H46N4O6S/c1-23-13-12-16-25(21-23)28(29(39)36-27(31(41)43-33(2,3)4)22-24-14-10-9-11-15-24)38(19-18-35)30(40)26(17-20-45-8)37-32(42)44-34(5,6)7/h9-16,21,26-28H,17,19-20,22H2,1-8H3,(H,36,39)(H,37,42). The van der Waals surface area contributed by atoms with Crippen LogP contribution < -0.4 is 10.6 Å². The summed E-state index contributed by atoms with van der Waals surface area (Å²) < 4.78 is 11.0. The highest BCUT2D eigenvalue weighted by atomic mass is 32.2. The summed E-state index contributed by atoms with van der Waals surface area (Å²) in [6.07, 6.45) is 1.46. The third-order valence-corrected chi connectivity index (χ3v) is 6.98. The molecule has 244 valence electrons. The molecule has 45 heavy (non-hydrogen) atoms. The Labute approximate surface area is 271 Å². The Morgan fingerprint density at radius 1 is 0.911 bits per heavy atom. The molecule has 0 saturated carbocycles. The molecule has 11 heteroatoms. The number of rotatable bonds is 13. The van der Waals surface area contributed by atoms with E-state index in [0.717, 1.165) is 16.0 Å². The van der Waals surface area contributed by atoms with Crippen LogP contribution in [0.3, 0.4) is 0 Å². The highest BCUT2D eigenvalue weighted by molar-refractivity contribution is 7.98. The van der Waals surface area contributed by atoms with Gasteiger partial charge in [-0.15, -0.1) is 0 Å². The molecular formula is C34H46N4O6S. The van der Waals surface area contributed by atoms with Crippen molar-refractivity contribution in [1.29, 1.82) is 5.26 Å². The predicted molar refractivity (Wildman–Crippen MR) is 175 cm³/mol. The summed E-state index contributed by atoms with van der Waals surface area (Å²) in [5.41, 5.74) is 0.452. The van der Waals surface area contributed by atoms with Crippen LogP contribution in [0, 0.1) is 18.3 Å². The molecule has 0 bridgehead atoms. The zero-order chi connectivity index (χ0) is 33.8. The molecule has 0 spiro atoms. The SMILES string of the molecule is CSCCC(NC(=O)OC(C)(C)C)C(=O)N(CC#N)C(C(=O)NC(Cc1ccccc1)C(=O)OC(C)(C)C)c1cccc(C)c1. The molecule has 0 aromatic heterocycles. The minimum absolute atomic E-state index is 0.144. The topological polar surface area (TPSA) is 138 Å². The van der Waals surface area contributed by atoms with Crippen LogP contribution in [0.2, 0.25) is 0 Å². The summed E-state index contributed by atoms with van der Waals surface area (Å²) in [5, 5.41) is 15.3. The van der Waals surface area contributed by atoms with Gasteiger partial charge in [0.05, 0.1) is 6.07 Å². The second kappa shape index (κ2) is 16.9. The van der Waals surface area contributed by atoms with Crippen LogP contribution in [0.1, 0.15) is 70.7 Å². The largest absolute Gasteiger partial charge is 0.458 e. The second-order valence-corrected chi connectivity index (χ2v) is 13.7. The summed E-state index contributed by atoms with van der Waals surface area (Å²) in [7, 11) is 0. The monoisotopic (exact) mass is 638 g/mol. The fourth-order valence-corrected chi connectivity index (χ4v) is 4.97. The Morgan fingerprint density at radius 2 is 1.56 bits per heavy atom. The highest BCUT2D eigenvalue weighted by Crippen LogP contribution is 2.25. The smallest absolute Gasteiger partial charge is 0.408 e. The van der Waals surface area contributed by atoms with Crippen molar-refractivity contribution in [3.05, 3.63) is 71.3 Å². The zero-order valence-corrected chi connectivity index (χ0v) is 28.3. The Bertz CT molecular complexity index is 1350. The molecule has 2 N–H and O–H groups in total. The number of esters is 1. The van der Waals surface area contributed by atoms with Gasteiger partial charge in [-0.2, -0.15) is 17.0 Å². The molecule has 10 nitrogen and oxygen atoms in total. The lowest BCUT2D eigenvalue weighted by Gasteiger charge is -2.34. The minimum atomic E-state index is -1.30. The number of hydrogen-bond donors (Lipinski definition) is 2. The third kappa shape index (κ3) is 12.8.